The maximum Gasteiger partial charge on any atom is 0.0325 e. The standard InChI is InChI=1S/C14H19BrN2S2/c1-11-3-4-13(19-11)8-16-5-6-17(2)9-14-7-12(15)10-18-14/h3-4,7,10,16H,5-6,8-9H2,1-2H3. The second-order valence-corrected chi connectivity index (χ2v) is 7.94. The van der Waals surface area contributed by atoms with Crippen LogP contribution >= 0.6 is 38.6 Å². The van der Waals surface area contributed by atoms with E-state index in [1.165, 1.54) is 19.1 Å². The van der Waals surface area contributed by atoms with E-state index in [0.29, 0.717) is 0 Å². The predicted octanol–water partition coefficient (Wildman–Crippen LogP) is 4.10. The molecule has 0 aromatic carbocycles. The monoisotopic (exact) mass is 358 g/mol. The molecule has 1 N–H and O–H groups in total. The van der Waals surface area contributed by atoms with Crippen molar-refractivity contribution in [1.82, 2.24) is 10.2 Å². The molecule has 2 aromatic rings. The molecule has 0 saturated carbocycles. The molecule has 2 rings (SSSR count). The van der Waals surface area contributed by atoms with Gasteiger partial charge in [-0.05, 0) is 48.1 Å². The molecule has 0 aliphatic rings. The van der Waals surface area contributed by atoms with Gasteiger partial charge in [0.2, 0.25) is 0 Å². The van der Waals surface area contributed by atoms with Gasteiger partial charge >= 0.3 is 0 Å². The molecule has 0 saturated heterocycles. The predicted molar refractivity (Wildman–Crippen MR) is 89.1 cm³/mol. The van der Waals surface area contributed by atoms with Crippen molar-refractivity contribution < 1.29 is 0 Å². The van der Waals surface area contributed by atoms with E-state index in [0.717, 1.165) is 26.2 Å². The highest BCUT2D eigenvalue weighted by molar-refractivity contribution is 9.10. The van der Waals surface area contributed by atoms with Crippen LogP contribution in [0.1, 0.15) is 14.6 Å². The summed E-state index contributed by atoms with van der Waals surface area (Å²) in [5.74, 6) is 0. The summed E-state index contributed by atoms with van der Waals surface area (Å²) in [6, 6.07) is 6.59. The molecule has 0 amide bonds. The maximum absolute atomic E-state index is 3.50. The quantitative estimate of drug-likeness (QED) is 0.749. The van der Waals surface area contributed by atoms with Gasteiger partial charge in [-0.3, -0.25) is 0 Å². The third-order valence-corrected chi connectivity index (χ3v) is 5.50. The number of likely N-dealkylation sites (N-methyl/N-ethyl adjacent to an activating group) is 1. The minimum Gasteiger partial charge on any atom is -0.311 e. The van der Waals surface area contributed by atoms with Crippen molar-refractivity contribution >= 4 is 38.6 Å². The van der Waals surface area contributed by atoms with Crippen LogP contribution in [0.4, 0.5) is 0 Å². The van der Waals surface area contributed by atoms with Crippen LogP contribution < -0.4 is 5.32 Å². The summed E-state index contributed by atoms with van der Waals surface area (Å²) >= 11 is 7.18. The highest BCUT2D eigenvalue weighted by Gasteiger charge is 2.03. The Morgan fingerprint density at radius 1 is 1.32 bits per heavy atom. The van der Waals surface area contributed by atoms with Gasteiger partial charge in [0, 0.05) is 50.7 Å². The van der Waals surface area contributed by atoms with Crippen LogP contribution in [0.15, 0.2) is 28.1 Å². The molecule has 2 nitrogen and oxygen atoms in total. The molecule has 0 aliphatic heterocycles. The Bertz CT molecular complexity index is 507. The number of hydrogen-bond donors (Lipinski definition) is 1. The van der Waals surface area contributed by atoms with Crippen LogP contribution in [-0.4, -0.2) is 25.0 Å². The van der Waals surface area contributed by atoms with Gasteiger partial charge in [-0.2, -0.15) is 0 Å². The van der Waals surface area contributed by atoms with E-state index in [1.54, 1.807) is 0 Å². The largest absolute Gasteiger partial charge is 0.311 e. The fourth-order valence-corrected chi connectivity index (χ4v) is 4.23. The molecule has 0 radical (unpaired) electrons. The first kappa shape index (κ1) is 15.2. The van der Waals surface area contributed by atoms with E-state index in [-0.39, 0.29) is 0 Å². The van der Waals surface area contributed by atoms with Crippen LogP contribution in [0.25, 0.3) is 0 Å². The van der Waals surface area contributed by atoms with E-state index >= 15 is 0 Å². The zero-order valence-electron chi connectivity index (χ0n) is 11.3. The maximum atomic E-state index is 3.50. The summed E-state index contributed by atoms with van der Waals surface area (Å²) in [5.41, 5.74) is 0. The lowest BCUT2D eigenvalue weighted by Crippen LogP contribution is -2.28. The second-order valence-electron chi connectivity index (χ2n) is 4.66. The summed E-state index contributed by atoms with van der Waals surface area (Å²) in [4.78, 5) is 6.56. The van der Waals surface area contributed by atoms with Crippen molar-refractivity contribution in [3.63, 3.8) is 0 Å². The van der Waals surface area contributed by atoms with E-state index in [1.807, 2.05) is 22.7 Å². The molecular formula is C14H19BrN2S2. The van der Waals surface area contributed by atoms with Gasteiger partial charge in [-0.1, -0.05) is 0 Å². The summed E-state index contributed by atoms with van der Waals surface area (Å²) < 4.78 is 1.19. The molecule has 2 heterocycles. The number of aryl methyl sites for hydroxylation is 1. The topological polar surface area (TPSA) is 15.3 Å². The van der Waals surface area contributed by atoms with E-state index in [9.17, 15) is 0 Å². The molecule has 0 unspecified atom stereocenters. The van der Waals surface area contributed by atoms with E-state index < -0.39 is 0 Å². The Balaban J connectivity index is 1.62. The Morgan fingerprint density at radius 3 is 2.79 bits per heavy atom. The molecule has 5 heteroatoms. The number of nitrogens with one attached hydrogen (secondary N) is 1. The highest BCUT2D eigenvalue weighted by atomic mass is 79.9. The van der Waals surface area contributed by atoms with E-state index in [4.69, 9.17) is 0 Å². The zero-order valence-corrected chi connectivity index (χ0v) is 14.5. The highest BCUT2D eigenvalue weighted by Crippen LogP contribution is 2.20. The Hall–Kier alpha value is -0.200. The normalized spacial score (nSPS) is 11.4. The molecule has 104 valence electrons. The number of halogens is 1. The molecule has 0 fully saturated rings. The van der Waals surface area contributed by atoms with Gasteiger partial charge in [0.15, 0.2) is 0 Å². The number of nitrogens with zero attached hydrogens (tertiary/aromatic N) is 1. The Kier molecular flexibility index (Phi) is 6.04. The molecule has 0 bridgehead atoms. The first-order valence-electron chi connectivity index (χ1n) is 6.31. The number of rotatable bonds is 7. The number of thiophene rings is 2. The SMILES string of the molecule is Cc1ccc(CNCCN(C)Cc2cc(Br)cs2)s1. The van der Waals surface area contributed by atoms with Gasteiger partial charge in [-0.25, -0.2) is 0 Å². The molecule has 19 heavy (non-hydrogen) atoms. The van der Waals surface area contributed by atoms with Crippen LogP contribution in [-0.2, 0) is 13.1 Å². The van der Waals surface area contributed by atoms with Crippen LogP contribution in [0.2, 0.25) is 0 Å². The third kappa shape index (κ3) is 5.36. The van der Waals surface area contributed by atoms with Gasteiger partial charge in [0.05, 0.1) is 0 Å². The molecular weight excluding hydrogens is 340 g/mol. The summed E-state index contributed by atoms with van der Waals surface area (Å²) in [5, 5.41) is 5.64. The molecule has 0 spiro atoms. The Morgan fingerprint density at radius 2 is 2.16 bits per heavy atom. The van der Waals surface area contributed by atoms with Crippen molar-refractivity contribution in [3.05, 3.63) is 42.7 Å². The average Bonchev–Trinajstić information content (AvgIpc) is 2.94. The molecule has 0 atom stereocenters. The van der Waals surface area contributed by atoms with Gasteiger partial charge < -0.3 is 10.2 Å². The van der Waals surface area contributed by atoms with Crippen molar-refractivity contribution in [3.8, 4) is 0 Å². The Labute approximate surface area is 131 Å². The second kappa shape index (κ2) is 7.55. The lowest BCUT2D eigenvalue weighted by Gasteiger charge is -2.15. The van der Waals surface area contributed by atoms with Crippen molar-refractivity contribution in [2.45, 2.75) is 20.0 Å². The van der Waals surface area contributed by atoms with Gasteiger partial charge in [0.25, 0.3) is 0 Å². The summed E-state index contributed by atoms with van der Waals surface area (Å²) in [7, 11) is 2.17. The molecule has 2 aromatic heterocycles. The molecule has 0 aliphatic carbocycles. The van der Waals surface area contributed by atoms with Crippen LogP contribution in [0.3, 0.4) is 0 Å². The van der Waals surface area contributed by atoms with Crippen molar-refractivity contribution in [1.29, 1.82) is 0 Å². The lowest BCUT2D eigenvalue weighted by atomic mass is 10.4. The number of hydrogen-bond acceptors (Lipinski definition) is 4. The van der Waals surface area contributed by atoms with Crippen molar-refractivity contribution in [2.75, 3.05) is 20.1 Å². The van der Waals surface area contributed by atoms with Crippen LogP contribution in [0, 0.1) is 6.92 Å². The third-order valence-electron chi connectivity index (χ3n) is 2.81. The van der Waals surface area contributed by atoms with Crippen molar-refractivity contribution in [2.24, 2.45) is 0 Å². The average molecular weight is 359 g/mol. The van der Waals surface area contributed by atoms with Gasteiger partial charge in [-0.15, -0.1) is 22.7 Å². The summed E-state index contributed by atoms with van der Waals surface area (Å²) in [6.07, 6.45) is 0. The fourth-order valence-electron chi connectivity index (χ4n) is 1.84. The van der Waals surface area contributed by atoms with Crippen LogP contribution in [0.5, 0.6) is 0 Å². The first-order chi connectivity index (χ1) is 9.13. The fraction of sp³-hybridized carbons (Fsp3) is 0.429. The smallest absolute Gasteiger partial charge is 0.0325 e. The zero-order chi connectivity index (χ0) is 13.7. The lowest BCUT2D eigenvalue weighted by molar-refractivity contribution is 0.327. The minimum atomic E-state index is 0.983. The minimum absolute atomic E-state index is 0.983. The van der Waals surface area contributed by atoms with E-state index in [2.05, 4.69) is 63.7 Å². The first-order valence-corrected chi connectivity index (χ1v) is 8.80. The van der Waals surface area contributed by atoms with Gasteiger partial charge in [0.1, 0.15) is 0 Å². The summed E-state index contributed by atoms with van der Waals surface area (Å²) in [6.45, 7) is 6.26.